The zero-order chi connectivity index (χ0) is 12.1. The van der Waals surface area contributed by atoms with Crippen molar-refractivity contribution in [2.24, 2.45) is 0 Å². The first-order chi connectivity index (χ1) is 8.31. The summed E-state index contributed by atoms with van der Waals surface area (Å²) in [4.78, 5) is 0. The second-order valence-corrected chi connectivity index (χ2v) is 4.80. The molecule has 0 unspecified atom stereocenters. The highest BCUT2D eigenvalue weighted by molar-refractivity contribution is 9.10. The maximum atomic E-state index is 9.09. The molecular formula is C13H14BrN3. The number of anilines is 1. The van der Waals surface area contributed by atoms with Crippen LogP contribution in [-0.2, 0) is 0 Å². The van der Waals surface area contributed by atoms with Crippen molar-refractivity contribution in [3.8, 4) is 6.07 Å². The first-order valence-corrected chi connectivity index (χ1v) is 6.41. The second-order valence-electron chi connectivity index (χ2n) is 3.94. The van der Waals surface area contributed by atoms with E-state index in [0.29, 0.717) is 5.56 Å². The lowest BCUT2D eigenvalue weighted by Crippen LogP contribution is -2.23. The predicted octanol–water partition coefficient (Wildman–Crippen LogP) is 2.65. The molecule has 4 heteroatoms. The van der Waals surface area contributed by atoms with E-state index >= 15 is 0 Å². The van der Waals surface area contributed by atoms with Crippen molar-refractivity contribution in [3.63, 3.8) is 0 Å². The van der Waals surface area contributed by atoms with Gasteiger partial charge in [0.25, 0.3) is 0 Å². The van der Waals surface area contributed by atoms with Gasteiger partial charge in [-0.25, -0.2) is 0 Å². The molecule has 0 saturated carbocycles. The Morgan fingerprint density at radius 3 is 3.06 bits per heavy atom. The van der Waals surface area contributed by atoms with Crippen molar-refractivity contribution in [1.29, 1.82) is 5.26 Å². The highest BCUT2D eigenvalue weighted by Gasteiger charge is 2.07. The van der Waals surface area contributed by atoms with Crippen LogP contribution in [-0.4, -0.2) is 19.6 Å². The molecule has 0 radical (unpaired) electrons. The Morgan fingerprint density at radius 2 is 2.35 bits per heavy atom. The molecule has 0 amide bonds. The molecule has 1 aliphatic heterocycles. The van der Waals surface area contributed by atoms with Crippen molar-refractivity contribution >= 4 is 21.6 Å². The van der Waals surface area contributed by atoms with Crippen LogP contribution in [0, 0.1) is 11.3 Å². The van der Waals surface area contributed by atoms with E-state index in [4.69, 9.17) is 5.26 Å². The van der Waals surface area contributed by atoms with Crippen LogP contribution in [0.2, 0.25) is 0 Å². The average molecular weight is 292 g/mol. The minimum Gasteiger partial charge on any atom is -0.380 e. The van der Waals surface area contributed by atoms with Gasteiger partial charge in [-0.05, 0) is 41.0 Å². The summed E-state index contributed by atoms with van der Waals surface area (Å²) in [6.45, 7) is 2.80. The zero-order valence-electron chi connectivity index (χ0n) is 9.46. The molecule has 3 nitrogen and oxygen atoms in total. The highest BCUT2D eigenvalue weighted by Crippen LogP contribution is 2.24. The van der Waals surface area contributed by atoms with Gasteiger partial charge in [-0.15, -0.1) is 0 Å². The van der Waals surface area contributed by atoms with E-state index < -0.39 is 0 Å². The molecule has 0 atom stereocenters. The number of nitrogens with one attached hydrogen (secondary N) is 2. The number of hydrogen-bond acceptors (Lipinski definition) is 3. The fourth-order valence-corrected chi connectivity index (χ4v) is 2.28. The molecule has 1 aromatic rings. The number of nitriles is 1. The third kappa shape index (κ3) is 3.09. The molecule has 2 rings (SSSR count). The van der Waals surface area contributed by atoms with Gasteiger partial charge < -0.3 is 10.6 Å². The van der Waals surface area contributed by atoms with Crippen LogP contribution in [0.4, 0.5) is 5.69 Å². The SMILES string of the molecule is N#Cc1c(Br)cccc1NCC1=CCNCC1. The first-order valence-electron chi connectivity index (χ1n) is 5.62. The number of benzene rings is 1. The lowest BCUT2D eigenvalue weighted by Gasteiger charge is -2.16. The molecule has 0 bridgehead atoms. The van der Waals surface area contributed by atoms with Crippen LogP contribution >= 0.6 is 15.9 Å². The molecule has 0 spiro atoms. The molecule has 1 aromatic carbocycles. The summed E-state index contributed by atoms with van der Waals surface area (Å²) in [6.07, 6.45) is 3.28. The number of halogens is 1. The monoisotopic (exact) mass is 291 g/mol. The normalized spacial score (nSPS) is 14.9. The van der Waals surface area contributed by atoms with E-state index in [9.17, 15) is 0 Å². The molecule has 17 heavy (non-hydrogen) atoms. The van der Waals surface area contributed by atoms with Gasteiger partial charge in [0.05, 0.1) is 11.3 Å². The summed E-state index contributed by atoms with van der Waals surface area (Å²) in [5.74, 6) is 0. The van der Waals surface area contributed by atoms with Crippen LogP contribution < -0.4 is 10.6 Å². The molecule has 2 N–H and O–H groups in total. The molecule has 0 saturated heterocycles. The van der Waals surface area contributed by atoms with Crippen molar-refractivity contribution in [2.45, 2.75) is 6.42 Å². The molecule has 1 aliphatic rings. The number of nitrogens with zero attached hydrogens (tertiary/aromatic N) is 1. The summed E-state index contributed by atoms with van der Waals surface area (Å²) < 4.78 is 0.837. The van der Waals surface area contributed by atoms with Crippen molar-refractivity contribution in [2.75, 3.05) is 25.0 Å². The summed E-state index contributed by atoms with van der Waals surface area (Å²) in [6, 6.07) is 7.96. The van der Waals surface area contributed by atoms with Crippen LogP contribution in [0.25, 0.3) is 0 Å². The summed E-state index contributed by atoms with van der Waals surface area (Å²) in [7, 11) is 0. The van der Waals surface area contributed by atoms with E-state index in [1.807, 2.05) is 18.2 Å². The Labute approximate surface area is 110 Å². The van der Waals surface area contributed by atoms with Gasteiger partial charge in [-0.3, -0.25) is 0 Å². The lowest BCUT2D eigenvalue weighted by molar-refractivity contribution is 0.698. The van der Waals surface area contributed by atoms with Crippen molar-refractivity contribution < 1.29 is 0 Å². The van der Waals surface area contributed by atoms with Gasteiger partial charge in [0, 0.05) is 17.6 Å². The zero-order valence-corrected chi connectivity index (χ0v) is 11.0. The fraction of sp³-hybridized carbons (Fsp3) is 0.308. The average Bonchev–Trinajstić information content (AvgIpc) is 2.37. The summed E-state index contributed by atoms with van der Waals surface area (Å²) in [5, 5.41) is 15.7. The molecule has 0 aromatic heterocycles. The largest absolute Gasteiger partial charge is 0.380 e. The van der Waals surface area contributed by atoms with Crippen LogP contribution in [0.3, 0.4) is 0 Å². The predicted molar refractivity (Wildman–Crippen MR) is 72.9 cm³/mol. The summed E-state index contributed by atoms with van der Waals surface area (Å²) in [5.41, 5.74) is 2.95. The molecular weight excluding hydrogens is 278 g/mol. The molecule has 0 fully saturated rings. The van der Waals surface area contributed by atoms with Gasteiger partial charge >= 0.3 is 0 Å². The third-order valence-electron chi connectivity index (χ3n) is 2.79. The van der Waals surface area contributed by atoms with Gasteiger partial charge in [-0.1, -0.05) is 17.7 Å². The Bertz CT molecular complexity index is 474. The van der Waals surface area contributed by atoms with E-state index in [2.05, 4.69) is 38.7 Å². The van der Waals surface area contributed by atoms with Crippen molar-refractivity contribution in [1.82, 2.24) is 5.32 Å². The molecule has 88 valence electrons. The highest BCUT2D eigenvalue weighted by atomic mass is 79.9. The van der Waals surface area contributed by atoms with Gasteiger partial charge in [0.15, 0.2) is 0 Å². The Balaban J connectivity index is 2.06. The Morgan fingerprint density at radius 1 is 1.47 bits per heavy atom. The van der Waals surface area contributed by atoms with Gasteiger partial charge in [-0.2, -0.15) is 5.26 Å². The van der Waals surface area contributed by atoms with Gasteiger partial charge in [0.2, 0.25) is 0 Å². The van der Waals surface area contributed by atoms with Crippen LogP contribution in [0.1, 0.15) is 12.0 Å². The quantitative estimate of drug-likeness (QED) is 0.842. The van der Waals surface area contributed by atoms with Gasteiger partial charge in [0.1, 0.15) is 6.07 Å². The minimum absolute atomic E-state index is 0.669. The smallest absolute Gasteiger partial charge is 0.103 e. The maximum Gasteiger partial charge on any atom is 0.103 e. The minimum atomic E-state index is 0.669. The Hall–Kier alpha value is -1.31. The Kier molecular flexibility index (Phi) is 4.18. The standard InChI is InChI=1S/C13H14BrN3/c14-12-2-1-3-13(11(12)8-15)17-9-10-4-6-16-7-5-10/h1-4,16-17H,5-7,9H2. The van der Waals surface area contributed by atoms with Crippen molar-refractivity contribution in [3.05, 3.63) is 39.9 Å². The van der Waals surface area contributed by atoms with Crippen LogP contribution in [0.5, 0.6) is 0 Å². The fourth-order valence-electron chi connectivity index (χ4n) is 1.82. The van der Waals surface area contributed by atoms with E-state index in [-0.39, 0.29) is 0 Å². The van der Waals surface area contributed by atoms with E-state index in [0.717, 1.165) is 36.2 Å². The lowest BCUT2D eigenvalue weighted by atomic mass is 10.1. The number of hydrogen-bond donors (Lipinski definition) is 2. The topological polar surface area (TPSA) is 47.9 Å². The van der Waals surface area contributed by atoms with Crippen LogP contribution in [0.15, 0.2) is 34.3 Å². The van der Waals surface area contributed by atoms with E-state index in [1.165, 1.54) is 5.57 Å². The second kappa shape index (κ2) is 5.85. The molecule has 1 heterocycles. The first kappa shape index (κ1) is 12.2. The molecule has 0 aliphatic carbocycles. The third-order valence-corrected chi connectivity index (χ3v) is 3.45. The van der Waals surface area contributed by atoms with E-state index in [1.54, 1.807) is 0 Å². The number of rotatable bonds is 3. The maximum absolute atomic E-state index is 9.09. The summed E-state index contributed by atoms with van der Waals surface area (Å²) >= 11 is 3.39.